The molecule has 0 N–H and O–H groups in total. The predicted molar refractivity (Wildman–Crippen MR) is 102 cm³/mol. The molecule has 1 saturated heterocycles. The smallest absolute Gasteiger partial charge is 0.349 e. The maximum Gasteiger partial charge on any atom is 0.349 e. The Labute approximate surface area is 162 Å². The number of thiophene rings is 1. The second-order valence-corrected chi connectivity index (χ2v) is 9.47. The maximum absolute atomic E-state index is 13.2. The summed E-state index contributed by atoms with van der Waals surface area (Å²) in [5.74, 6) is -0.521. The minimum atomic E-state index is -3.76. The van der Waals surface area contributed by atoms with Crippen molar-refractivity contribution in [1.82, 2.24) is 4.31 Å². The fraction of sp³-hybridized carbons (Fsp3) is 0.389. The van der Waals surface area contributed by atoms with Gasteiger partial charge in [-0.3, -0.25) is 0 Å². The Morgan fingerprint density at radius 3 is 2.65 bits per heavy atom. The molecule has 0 aliphatic carbocycles. The SMILES string of the molecule is COC(=O)c1sccc1S(=O)(=O)N1CCCCC(c2ccc(Cl)cc2)C1. The van der Waals surface area contributed by atoms with Crippen molar-refractivity contribution in [3.63, 3.8) is 0 Å². The first-order valence-corrected chi connectivity index (χ1v) is 11.0. The first kappa shape index (κ1) is 19.4. The van der Waals surface area contributed by atoms with Crippen molar-refractivity contribution in [3.8, 4) is 0 Å². The van der Waals surface area contributed by atoms with Crippen LogP contribution in [0.15, 0.2) is 40.6 Å². The summed E-state index contributed by atoms with van der Waals surface area (Å²) in [5, 5.41) is 2.26. The van der Waals surface area contributed by atoms with Crippen LogP contribution >= 0.6 is 22.9 Å². The Morgan fingerprint density at radius 2 is 1.96 bits per heavy atom. The molecule has 8 heteroatoms. The normalized spacial score (nSPS) is 19.1. The molecule has 2 heterocycles. The molecule has 1 atom stereocenters. The Kier molecular flexibility index (Phi) is 6.02. The van der Waals surface area contributed by atoms with E-state index in [0.717, 1.165) is 36.2 Å². The lowest BCUT2D eigenvalue weighted by molar-refractivity contribution is 0.0602. The molecular formula is C18H20ClNO4S2. The average molecular weight is 414 g/mol. The monoisotopic (exact) mass is 413 g/mol. The van der Waals surface area contributed by atoms with Crippen molar-refractivity contribution in [3.05, 3.63) is 51.2 Å². The van der Waals surface area contributed by atoms with Crippen LogP contribution in [0.2, 0.25) is 5.02 Å². The number of benzene rings is 1. The molecule has 0 amide bonds. The number of carbonyl (C=O) groups is 1. The van der Waals surface area contributed by atoms with Crippen molar-refractivity contribution in [2.75, 3.05) is 20.2 Å². The summed E-state index contributed by atoms with van der Waals surface area (Å²) in [6, 6.07) is 9.04. The number of sulfonamides is 1. The molecule has 1 aliphatic rings. The quantitative estimate of drug-likeness (QED) is 0.706. The highest BCUT2D eigenvalue weighted by Gasteiger charge is 2.33. The lowest BCUT2D eigenvalue weighted by atomic mass is 9.95. The Hall–Kier alpha value is -1.41. The van der Waals surface area contributed by atoms with Crippen molar-refractivity contribution >= 4 is 38.9 Å². The topological polar surface area (TPSA) is 63.7 Å². The fourth-order valence-electron chi connectivity index (χ4n) is 3.21. The van der Waals surface area contributed by atoms with Gasteiger partial charge in [-0.15, -0.1) is 11.3 Å². The highest BCUT2D eigenvalue weighted by Crippen LogP contribution is 2.32. The third-order valence-corrected chi connectivity index (χ3v) is 7.78. The Morgan fingerprint density at radius 1 is 1.23 bits per heavy atom. The minimum absolute atomic E-state index is 0.0334. The molecular weight excluding hydrogens is 394 g/mol. The second-order valence-electron chi connectivity index (χ2n) is 6.21. The molecule has 1 aliphatic heterocycles. The third kappa shape index (κ3) is 3.96. The molecule has 140 valence electrons. The zero-order valence-corrected chi connectivity index (χ0v) is 16.7. The van der Waals surface area contributed by atoms with E-state index in [2.05, 4.69) is 0 Å². The molecule has 1 aromatic carbocycles. The molecule has 0 saturated carbocycles. The van der Waals surface area contributed by atoms with Gasteiger partial charge in [-0.2, -0.15) is 4.31 Å². The number of nitrogens with zero attached hydrogens (tertiary/aromatic N) is 1. The molecule has 0 bridgehead atoms. The van der Waals surface area contributed by atoms with Gasteiger partial charge in [0.05, 0.1) is 7.11 Å². The van der Waals surface area contributed by atoms with Crippen LogP contribution in [0.25, 0.3) is 0 Å². The van der Waals surface area contributed by atoms with Gasteiger partial charge in [-0.1, -0.05) is 30.2 Å². The Balaban J connectivity index is 1.90. The lowest BCUT2D eigenvalue weighted by Crippen LogP contribution is -2.34. The van der Waals surface area contributed by atoms with Crippen LogP contribution in [-0.2, 0) is 14.8 Å². The largest absolute Gasteiger partial charge is 0.465 e. The van der Waals surface area contributed by atoms with Gasteiger partial charge in [0.15, 0.2) is 0 Å². The van der Waals surface area contributed by atoms with E-state index in [4.69, 9.17) is 16.3 Å². The Bertz CT molecular complexity index is 877. The first-order chi connectivity index (χ1) is 12.4. The number of rotatable bonds is 4. The highest BCUT2D eigenvalue weighted by molar-refractivity contribution is 7.89. The van der Waals surface area contributed by atoms with Gasteiger partial charge in [-0.05, 0) is 47.9 Å². The second kappa shape index (κ2) is 8.08. The van der Waals surface area contributed by atoms with Crippen LogP contribution in [0.3, 0.4) is 0 Å². The minimum Gasteiger partial charge on any atom is -0.465 e. The van der Waals surface area contributed by atoms with Gasteiger partial charge < -0.3 is 4.74 Å². The molecule has 5 nitrogen and oxygen atoms in total. The van der Waals surface area contributed by atoms with E-state index in [0.29, 0.717) is 18.1 Å². The highest BCUT2D eigenvalue weighted by atomic mass is 35.5. The van der Waals surface area contributed by atoms with Gasteiger partial charge in [0.2, 0.25) is 10.0 Å². The summed E-state index contributed by atoms with van der Waals surface area (Å²) < 4.78 is 32.6. The number of hydrogen-bond donors (Lipinski definition) is 0. The predicted octanol–water partition coefficient (Wildman–Crippen LogP) is 4.15. The molecule has 2 aromatic rings. The summed E-state index contributed by atoms with van der Waals surface area (Å²) >= 11 is 7.05. The van der Waals surface area contributed by atoms with Crippen LogP contribution in [-0.4, -0.2) is 38.9 Å². The third-order valence-electron chi connectivity index (χ3n) is 4.59. The van der Waals surface area contributed by atoms with Crippen LogP contribution in [0.4, 0.5) is 0 Å². The van der Waals surface area contributed by atoms with Gasteiger partial charge >= 0.3 is 5.97 Å². The average Bonchev–Trinajstić information content (AvgIpc) is 3.00. The summed E-state index contributed by atoms with van der Waals surface area (Å²) in [6.07, 6.45) is 2.66. The van der Waals surface area contributed by atoms with E-state index in [1.807, 2.05) is 24.3 Å². The van der Waals surface area contributed by atoms with Crippen LogP contribution in [0, 0.1) is 0 Å². The van der Waals surface area contributed by atoms with Crippen LogP contribution in [0.5, 0.6) is 0 Å². The lowest BCUT2D eigenvalue weighted by Gasteiger charge is -2.24. The van der Waals surface area contributed by atoms with Crippen molar-refractivity contribution in [2.45, 2.75) is 30.1 Å². The summed E-state index contributed by atoms with van der Waals surface area (Å²) in [4.78, 5) is 12.1. The number of esters is 1. The maximum atomic E-state index is 13.2. The van der Waals surface area contributed by atoms with Crippen molar-refractivity contribution in [1.29, 1.82) is 0 Å². The summed E-state index contributed by atoms with van der Waals surface area (Å²) in [6.45, 7) is 0.837. The van der Waals surface area contributed by atoms with Crippen LogP contribution in [0.1, 0.15) is 40.4 Å². The molecule has 1 unspecified atom stereocenters. The molecule has 0 radical (unpaired) electrons. The van der Waals surface area contributed by atoms with E-state index < -0.39 is 16.0 Å². The molecule has 26 heavy (non-hydrogen) atoms. The van der Waals surface area contributed by atoms with E-state index >= 15 is 0 Å². The molecule has 0 spiro atoms. The van der Waals surface area contributed by atoms with E-state index in [9.17, 15) is 13.2 Å². The zero-order chi connectivity index (χ0) is 18.7. The number of methoxy groups -OCH3 is 1. The van der Waals surface area contributed by atoms with Gasteiger partial charge in [0, 0.05) is 18.1 Å². The van der Waals surface area contributed by atoms with E-state index in [1.54, 1.807) is 5.38 Å². The summed E-state index contributed by atoms with van der Waals surface area (Å²) in [5.41, 5.74) is 1.08. The van der Waals surface area contributed by atoms with Crippen LogP contribution < -0.4 is 0 Å². The summed E-state index contributed by atoms with van der Waals surface area (Å²) in [7, 11) is -2.51. The van der Waals surface area contributed by atoms with Gasteiger partial charge in [0.25, 0.3) is 0 Å². The van der Waals surface area contributed by atoms with Gasteiger partial charge in [-0.25, -0.2) is 13.2 Å². The number of halogens is 1. The van der Waals surface area contributed by atoms with E-state index in [-0.39, 0.29) is 15.7 Å². The number of carbonyl (C=O) groups excluding carboxylic acids is 1. The van der Waals surface area contributed by atoms with E-state index in [1.165, 1.54) is 17.5 Å². The first-order valence-electron chi connectivity index (χ1n) is 8.35. The number of ether oxygens (including phenoxy) is 1. The van der Waals surface area contributed by atoms with Gasteiger partial charge in [0.1, 0.15) is 9.77 Å². The molecule has 1 aromatic heterocycles. The van der Waals surface area contributed by atoms with Crippen molar-refractivity contribution in [2.24, 2.45) is 0 Å². The molecule has 1 fully saturated rings. The number of hydrogen-bond acceptors (Lipinski definition) is 5. The standard InChI is InChI=1S/C18H20ClNO4S2/c1-24-18(21)17-16(9-11-25-17)26(22,23)20-10-3-2-4-14(12-20)13-5-7-15(19)8-6-13/h5-9,11,14H,2-4,10,12H2,1H3. The zero-order valence-electron chi connectivity index (χ0n) is 14.4. The molecule has 3 rings (SSSR count). The fourth-order valence-corrected chi connectivity index (χ4v) is 6.17. The van der Waals surface area contributed by atoms with Crippen molar-refractivity contribution < 1.29 is 17.9 Å².